The third-order valence-corrected chi connectivity index (χ3v) is 11.4. The predicted octanol–water partition coefficient (Wildman–Crippen LogP) is 15.0. The van der Waals surface area contributed by atoms with E-state index in [1.807, 2.05) is 0 Å². The Hall–Kier alpha value is -7.42. The van der Waals surface area contributed by atoms with Gasteiger partial charge in [-0.25, -0.2) is 0 Å². The van der Waals surface area contributed by atoms with Crippen LogP contribution in [-0.4, -0.2) is 4.57 Å². The summed E-state index contributed by atoms with van der Waals surface area (Å²) in [6, 6.07) is 79.5. The van der Waals surface area contributed by atoms with E-state index in [1.54, 1.807) is 0 Å². The molecule has 0 bridgehead atoms. The summed E-state index contributed by atoms with van der Waals surface area (Å²) in [6.45, 7) is 0. The maximum atomic E-state index is 2.42. The molecular formula is C54H36N2. The average Bonchev–Trinajstić information content (AvgIpc) is 3.61. The van der Waals surface area contributed by atoms with Gasteiger partial charge in [-0.3, -0.25) is 0 Å². The van der Waals surface area contributed by atoms with Crippen molar-refractivity contribution in [2.24, 2.45) is 0 Å². The number of hydrogen-bond donors (Lipinski definition) is 0. The molecule has 0 aliphatic heterocycles. The first kappa shape index (κ1) is 32.0. The number of benzene rings is 10. The van der Waals surface area contributed by atoms with Crippen LogP contribution in [0.15, 0.2) is 218 Å². The van der Waals surface area contributed by atoms with Crippen molar-refractivity contribution in [2.45, 2.75) is 0 Å². The molecule has 262 valence electrons. The molecule has 56 heavy (non-hydrogen) atoms. The molecule has 0 fully saturated rings. The summed E-state index contributed by atoms with van der Waals surface area (Å²) >= 11 is 0. The molecule has 0 saturated carbocycles. The van der Waals surface area contributed by atoms with Crippen LogP contribution >= 0.6 is 0 Å². The highest BCUT2D eigenvalue weighted by Crippen LogP contribution is 2.44. The molecule has 0 radical (unpaired) electrons. The molecule has 0 aliphatic carbocycles. The van der Waals surface area contributed by atoms with Crippen LogP contribution in [-0.2, 0) is 0 Å². The molecule has 0 N–H and O–H groups in total. The number of hydrogen-bond acceptors (Lipinski definition) is 1. The molecule has 0 spiro atoms. The smallest absolute Gasteiger partial charge is 0.0546 e. The molecule has 1 heterocycles. The van der Waals surface area contributed by atoms with Gasteiger partial charge < -0.3 is 9.47 Å². The quantitative estimate of drug-likeness (QED) is 0.156. The van der Waals surface area contributed by atoms with Gasteiger partial charge in [0.2, 0.25) is 0 Å². The van der Waals surface area contributed by atoms with E-state index in [9.17, 15) is 0 Å². The van der Waals surface area contributed by atoms with Crippen molar-refractivity contribution in [3.05, 3.63) is 218 Å². The first-order valence-corrected chi connectivity index (χ1v) is 19.3. The number of fused-ring (bicyclic) bond motifs is 7. The Morgan fingerprint density at radius 1 is 0.321 bits per heavy atom. The molecule has 11 rings (SSSR count). The summed E-state index contributed by atoms with van der Waals surface area (Å²) in [4.78, 5) is 2.42. The van der Waals surface area contributed by atoms with Crippen molar-refractivity contribution >= 4 is 71.2 Å². The molecular weight excluding hydrogens is 677 g/mol. The minimum Gasteiger partial charge on any atom is -0.310 e. The zero-order valence-electron chi connectivity index (χ0n) is 30.7. The normalized spacial score (nSPS) is 11.6. The minimum absolute atomic E-state index is 1.10. The third-order valence-electron chi connectivity index (χ3n) is 11.4. The van der Waals surface area contributed by atoms with Gasteiger partial charge in [-0.15, -0.1) is 0 Å². The highest BCUT2D eigenvalue weighted by atomic mass is 15.1. The van der Waals surface area contributed by atoms with Gasteiger partial charge in [-0.2, -0.15) is 0 Å². The van der Waals surface area contributed by atoms with E-state index in [1.165, 1.54) is 76.4 Å². The van der Waals surface area contributed by atoms with Gasteiger partial charge in [-0.1, -0.05) is 164 Å². The van der Waals surface area contributed by atoms with Crippen molar-refractivity contribution in [3.8, 4) is 27.9 Å². The van der Waals surface area contributed by atoms with Crippen molar-refractivity contribution in [2.75, 3.05) is 4.90 Å². The second-order valence-corrected chi connectivity index (χ2v) is 14.5. The van der Waals surface area contributed by atoms with Crippen LogP contribution in [0, 0.1) is 0 Å². The fourth-order valence-electron chi connectivity index (χ4n) is 8.83. The lowest BCUT2D eigenvalue weighted by molar-refractivity contribution is 1.17. The molecule has 11 aromatic rings. The maximum absolute atomic E-state index is 2.42. The van der Waals surface area contributed by atoms with Gasteiger partial charge in [0, 0.05) is 33.2 Å². The number of rotatable bonds is 6. The van der Waals surface area contributed by atoms with Crippen LogP contribution in [0.3, 0.4) is 0 Å². The van der Waals surface area contributed by atoms with Crippen LogP contribution in [0.4, 0.5) is 17.1 Å². The Labute approximate surface area is 325 Å². The Balaban J connectivity index is 1.09. The van der Waals surface area contributed by atoms with Crippen LogP contribution in [0.5, 0.6) is 0 Å². The first-order valence-electron chi connectivity index (χ1n) is 19.3. The fraction of sp³-hybridized carbons (Fsp3) is 0. The molecule has 0 amide bonds. The summed E-state index contributed by atoms with van der Waals surface area (Å²) in [7, 11) is 0. The fourth-order valence-corrected chi connectivity index (χ4v) is 8.83. The summed E-state index contributed by atoms with van der Waals surface area (Å²) in [5.74, 6) is 0. The number of para-hydroxylation sites is 2. The summed E-state index contributed by atoms with van der Waals surface area (Å²) in [5, 5.41) is 9.96. The van der Waals surface area contributed by atoms with Gasteiger partial charge in [0.05, 0.1) is 16.7 Å². The molecule has 2 nitrogen and oxygen atoms in total. The van der Waals surface area contributed by atoms with Gasteiger partial charge in [-0.05, 0) is 104 Å². The first-order chi connectivity index (χ1) is 27.8. The highest BCUT2D eigenvalue weighted by Gasteiger charge is 2.19. The van der Waals surface area contributed by atoms with Gasteiger partial charge in [0.15, 0.2) is 0 Å². The third kappa shape index (κ3) is 5.19. The lowest BCUT2D eigenvalue weighted by Gasteiger charge is -2.28. The number of anilines is 3. The van der Waals surface area contributed by atoms with Gasteiger partial charge >= 0.3 is 0 Å². The zero-order valence-corrected chi connectivity index (χ0v) is 30.7. The van der Waals surface area contributed by atoms with Crippen LogP contribution in [0.25, 0.3) is 82.1 Å². The average molecular weight is 713 g/mol. The number of nitrogens with zero attached hydrogens (tertiary/aromatic N) is 2. The van der Waals surface area contributed by atoms with E-state index < -0.39 is 0 Å². The molecule has 1 aromatic heterocycles. The predicted molar refractivity (Wildman–Crippen MR) is 239 cm³/mol. The van der Waals surface area contributed by atoms with Gasteiger partial charge in [0.1, 0.15) is 0 Å². The van der Waals surface area contributed by atoms with Crippen molar-refractivity contribution in [1.29, 1.82) is 0 Å². The van der Waals surface area contributed by atoms with Crippen molar-refractivity contribution < 1.29 is 0 Å². The second kappa shape index (κ2) is 13.2. The van der Waals surface area contributed by atoms with Crippen LogP contribution in [0.2, 0.25) is 0 Å². The minimum atomic E-state index is 1.10. The Morgan fingerprint density at radius 2 is 0.804 bits per heavy atom. The monoisotopic (exact) mass is 712 g/mol. The molecule has 0 unspecified atom stereocenters. The van der Waals surface area contributed by atoms with E-state index in [0.717, 1.165) is 22.7 Å². The summed E-state index contributed by atoms with van der Waals surface area (Å²) in [5.41, 5.74) is 11.8. The molecule has 2 heteroatoms. The number of aromatic nitrogens is 1. The van der Waals surface area contributed by atoms with Crippen molar-refractivity contribution in [1.82, 2.24) is 4.57 Å². The summed E-state index contributed by atoms with van der Waals surface area (Å²) < 4.78 is 2.38. The van der Waals surface area contributed by atoms with Crippen LogP contribution in [0.1, 0.15) is 0 Å². The Kier molecular flexibility index (Phi) is 7.53. The molecule has 0 atom stereocenters. The van der Waals surface area contributed by atoms with E-state index in [-0.39, 0.29) is 0 Å². The molecule has 0 aliphatic rings. The zero-order chi connectivity index (χ0) is 37.0. The maximum Gasteiger partial charge on any atom is 0.0546 e. The van der Waals surface area contributed by atoms with Crippen molar-refractivity contribution in [3.63, 3.8) is 0 Å². The SMILES string of the molecule is c1ccc(-c2cccc3cccc(-c4ccc(N(c5ccc(-n6c7ccccc7c7ccccc76)cc5)c5cc6ccccc6c6ccccc56)cc4)c23)cc1. The lowest BCUT2D eigenvalue weighted by Crippen LogP contribution is -2.11. The summed E-state index contributed by atoms with van der Waals surface area (Å²) in [6.07, 6.45) is 0. The van der Waals surface area contributed by atoms with Crippen LogP contribution < -0.4 is 4.90 Å². The topological polar surface area (TPSA) is 8.17 Å². The second-order valence-electron chi connectivity index (χ2n) is 14.5. The molecule has 0 saturated heterocycles. The largest absolute Gasteiger partial charge is 0.310 e. The molecule has 10 aromatic carbocycles. The van der Waals surface area contributed by atoms with E-state index >= 15 is 0 Å². The Morgan fingerprint density at radius 3 is 1.45 bits per heavy atom. The van der Waals surface area contributed by atoms with Gasteiger partial charge in [0.25, 0.3) is 0 Å². The lowest BCUT2D eigenvalue weighted by atomic mass is 9.91. The van der Waals surface area contributed by atoms with E-state index in [0.29, 0.717) is 0 Å². The standard InChI is InChI=1S/C54H36N2/c1-2-14-37(15-3-1)45-24-12-17-39-18-13-25-46(54(39)45)38-28-30-41(31-29-38)55(53-36-40-16-4-5-19-44(40)47-20-6-7-21-48(47)53)42-32-34-43(35-33-42)56-51-26-10-8-22-49(51)50-23-9-11-27-52(50)56/h1-36H. The highest BCUT2D eigenvalue weighted by molar-refractivity contribution is 6.15. The Bertz CT molecular complexity index is 3170. The van der Waals surface area contributed by atoms with E-state index in [2.05, 4.69) is 228 Å². The van der Waals surface area contributed by atoms with E-state index in [4.69, 9.17) is 0 Å².